The number of aromatic nitrogens is 3. The molecule has 26 heavy (non-hydrogen) atoms. The predicted octanol–water partition coefficient (Wildman–Crippen LogP) is 3.15. The van der Waals surface area contributed by atoms with E-state index in [9.17, 15) is 4.79 Å². The normalized spacial score (nSPS) is 23.0. The van der Waals surface area contributed by atoms with Crippen LogP contribution in [0.15, 0.2) is 24.3 Å². The van der Waals surface area contributed by atoms with Crippen LogP contribution in [0.5, 0.6) is 0 Å². The second-order valence-corrected chi connectivity index (χ2v) is 7.74. The first kappa shape index (κ1) is 17.5. The molecule has 1 N–H and O–H groups in total. The van der Waals surface area contributed by atoms with Gasteiger partial charge in [-0.15, -0.1) is 10.2 Å². The molecule has 2 aromatic rings. The third-order valence-corrected chi connectivity index (χ3v) is 5.84. The van der Waals surface area contributed by atoms with Crippen molar-refractivity contribution in [2.24, 2.45) is 0 Å². The van der Waals surface area contributed by atoms with Crippen LogP contribution in [0, 0.1) is 0 Å². The Kier molecular flexibility index (Phi) is 4.71. The van der Waals surface area contributed by atoms with Gasteiger partial charge in [-0.1, -0.05) is 42.6 Å². The SMILES string of the molecule is CC1(C(=O)NCc2ccccc2Cl)COCc2nnc(C3CCCC3)n21. The minimum Gasteiger partial charge on any atom is -0.370 e. The molecule has 1 fully saturated rings. The van der Waals surface area contributed by atoms with Gasteiger partial charge in [0.25, 0.3) is 0 Å². The van der Waals surface area contributed by atoms with E-state index in [-0.39, 0.29) is 5.91 Å². The van der Waals surface area contributed by atoms with E-state index in [0.29, 0.717) is 30.7 Å². The fourth-order valence-corrected chi connectivity index (χ4v) is 4.19. The number of nitrogens with one attached hydrogen (secondary N) is 1. The van der Waals surface area contributed by atoms with E-state index in [1.807, 2.05) is 35.8 Å². The van der Waals surface area contributed by atoms with Crippen LogP contribution in [0.4, 0.5) is 0 Å². The zero-order chi connectivity index (χ0) is 18.1. The van der Waals surface area contributed by atoms with Gasteiger partial charge in [0, 0.05) is 17.5 Å². The number of hydrogen-bond donors (Lipinski definition) is 1. The van der Waals surface area contributed by atoms with Crippen molar-refractivity contribution in [1.82, 2.24) is 20.1 Å². The first-order valence-corrected chi connectivity index (χ1v) is 9.51. The largest absolute Gasteiger partial charge is 0.370 e. The molecular weight excluding hydrogens is 352 g/mol. The van der Waals surface area contributed by atoms with Gasteiger partial charge >= 0.3 is 0 Å². The van der Waals surface area contributed by atoms with E-state index in [1.54, 1.807) is 0 Å². The van der Waals surface area contributed by atoms with Gasteiger partial charge in [0.1, 0.15) is 18.0 Å². The lowest BCUT2D eigenvalue weighted by atomic mass is 9.97. The molecule has 0 spiro atoms. The van der Waals surface area contributed by atoms with E-state index in [4.69, 9.17) is 16.3 Å². The topological polar surface area (TPSA) is 69.0 Å². The Balaban J connectivity index is 1.59. The van der Waals surface area contributed by atoms with Crippen molar-refractivity contribution < 1.29 is 9.53 Å². The number of halogens is 1. The number of ether oxygens (including phenoxy) is 1. The highest BCUT2D eigenvalue weighted by molar-refractivity contribution is 6.31. The molecule has 138 valence electrons. The molecule has 7 heteroatoms. The Hall–Kier alpha value is -1.92. The Morgan fingerprint density at radius 2 is 2.12 bits per heavy atom. The third-order valence-electron chi connectivity index (χ3n) is 5.47. The molecule has 1 unspecified atom stereocenters. The average molecular weight is 375 g/mol. The monoisotopic (exact) mass is 374 g/mol. The van der Waals surface area contributed by atoms with Gasteiger partial charge < -0.3 is 10.1 Å². The first-order valence-electron chi connectivity index (χ1n) is 9.14. The van der Waals surface area contributed by atoms with Gasteiger partial charge in [-0.3, -0.25) is 9.36 Å². The first-order chi connectivity index (χ1) is 12.6. The van der Waals surface area contributed by atoms with Crippen LogP contribution in [0.1, 0.15) is 55.7 Å². The van der Waals surface area contributed by atoms with E-state index >= 15 is 0 Å². The maximum atomic E-state index is 13.1. The number of amides is 1. The van der Waals surface area contributed by atoms with Gasteiger partial charge in [-0.25, -0.2) is 0 Å². The molecule has 1 aromatic heterocycles. The summed E-state index contributed by atoms with van der Waals surface area (Å²) in [5.74, 6) is 1.94. The van der Waals surface area contributed by atoms with Crippen LogP contribution >= 0.6 is 11.6 Å². The Bertz CT molecular complexity index is 816. The maximum absolute atomic E-state index is 13.1. The molecule has 1 aromatic carbocycles. The summed E-state index contributed by atoms with van der Waals surface area (Å²) < 4.78 is 7.70. The van der Waals surface area contributed by atoms with Crippen molar-refractivity contribution in [2.75, 3.05) is 6.61 Å². The Morgan fingerprint density at radius 3 is 2.88 bits per heavy atom. The average Bonchev–Trinajstić information content (AvgIpc) is 3.30. The zero-order valence-electron chi connectivity index (χ0n) is 14.9. The van der Waals surface area contributed by atoms with Crippen LogP contribution in [0.2, 0.25) is 5.02 Å². The summed E-state index contributed by atoms with van der Waals surface area (Å²) in [7, 11) is 0. The number of benzene rings is 1. The number of rotatable bonds is 4. The fraction of sp³-hybridized carbons (Fsp3) is 0.526. The molecule has 2 heterocycles. The highest BCUT2D eigenvalue weighted by Crippen LogP contribution is 2.37. The lowest BCUT2D eigenvalue weighted by molar-refractivity contribution is -0.135. The molecule has 0 saturated heterocycles. The molecule has 4 rings (SSSR count). The second kappa shape index (κ2) is 7.00. The molecule has 1 aliphatic carbocycles. The quantitative estimate of drug-likeness (QED) is 0.892. The van der Waals surface area contributed by atoms with Crippen molar-refractivity contribution in [3.8, 4) is 0 Å². The third kappa shape index (κ3) is 3.01. The standard InChI is InChI=1S/C19H23ClN4O2/c1-19(18(25)21-10-14-8-4-5-9-15(14)20)12-26-11-16-22-23-17(24(16)19)13-6-2-3-7-13/h4-5,8-9,13H,2-3,6-7,10-12H2,1H3,(H,21,25). The van der Waals surface area contributed by atoms with E-state index in [1.165, 1.54) is 12.8 Å². The lowest BCUT2D eigenvalue weighted by Gasteiger charge is -2.36. The van der Waals surface area contributed by atoms with Crippen molar-refractivity contribution in [3.63, 3.8) is 0 Å². The fourth-order valence-electron chi connectivity index (χ4n) is 3.99. The lowest BCUT2D eigenvalue weighted by Crippen LogP contribution is -2.53. The Labute approximate surface area is 157 Å². The van der Waals surface area contributed by atoms with Crippen molar-refractivity contribution in [1.29, 1.82) is 0 Å². The summed E-state index contributed by atoms with van der Waals surface area (Å²) in [5, 5.41) is 12.4. The van der Waals surface area contributed by atoms with Gasteiger partial charge in [-0.2, -0.15) is 0 Å². The summed E-state index contributed by atoms with van der Waals surface area (Å²) in [6, 6.07) is 7.52. The minimum absolute atomic E-state index is 0.0996. The summed E-state index contributed by atoms with van der Waals surface area (Å²) in [6.45, 7) is 2.99. The molecule has 1 atom stereocenters. The number of carbonyl (C=O) groups is 1. The van der Waals surface area contributed by atoms with Gasteiger partial charge in [0.05, 0.1) is 6.61 Å². The predicted molar refractivity (Wildman–Crippen MR) is 97.8 cm³/mol. The number of fused-ring (bicyclic) bond motifs is 1. The van der Waals surface area contributed by atoms with Crippen molar-refractivity contribution in [2.45, 2.75) is 57.2 Å². The summed E-state index contributed by atoms with van der Waals surface area (Å²) in [6.07, 6.45) is 4.63. The second-order valence-electron chi connectivity index (χ2n) is 7.33. The molecule has 0 bridgehead atoms. The summed E-state index contributed by atoms with van der Waals surface area (Å²) >= 11 is 6.20. The Morgan fingerprint density at radius 1 is 1.35 bits per heavy atom. The van der Waals surface area contributed by atoms with Crippen molar-refractivity contribution >= 4 is 17.5 Å². The summed E-state index contributed by atoms with van der Waals surface area (Å²) in [4.78, 5) is 13.1. The molecule has 0 radical (unpaired) electrons. The van der Waals surface area contributed by atoms with E-state index in [0.717, 1.165) is 30.1 Å². The van der Waals surface area contributed by atoms with Crippen LogP contribution in [-0.4, -0.2) is 27.3 Å². The smallest absolute Gasteiger partial charge is 0.248 e. The molecular formula is C19H23ClN4O2. The highest BCUT2D eigenvalue weighted by atomic mass is 35.5. The minimum atomic E-state index is -0.851. The van der Waals surface area contributed by atoms with Crippen molar-refractivity contribution in [3.05, 3.63) is 46.5 Å². The molecule has 1 amide bonds. The zero-order valence-corrected chi connectivity index (χ0v) is 15.6. The molecule has 2 aliphatic rings. The summed E-state index contributed by atoms with van der Waals surface area (Å²) in [5.41, 5.74) is 0.0406. The van der Waals surface area contributed by atoms with Crippen LogP contribution in [0.3, 0.4) is 0 Å². The number of hydrogen-bond acceptors (Lipinski definition) is 4. The maximum Gasteiger partial charge on any atom is 0.248 e. The molecule has 6 nitrogen and oxygen atoms in total. The molecule has 1 aliphatic heterocycles. The van der Waals surface area contributed by atoms with E-state index in [2.05, 4.69) is 15.5 Å². The van der Waals surface area contributed by atoms with Crippen LogP contribution in [-0.2, 0) is 28.2 Å². The van der Waals surface area contributed by atoms with Crippen LogP contribution in [0.25, 0.3) is 0 Å². The number of carbonyl (C=O) groups excluding carboxylic acids is 1. The van der Waals surface area contributed by atoms with Crippen LogP contribution < -0.4 is 5.32 Å². The molecule has 1 saturated carbocycles. The number of nitrogens with zero attached hydrogens (tertiary/aromatic N) is 3. The van der Waals surface area contributed by atoms with E-state index < -0.39 is 5.54 Å². The van der Waals surface area contributed by atoms with Gasteiger partial charge in [0.2, 0.25) is 5.91 Å². The highest BCUT2D eigenvalue weighted by Gasteiger charge is 2.43. The van der Waals surface area contributed by atoms with Gasteiger partial charge in [0.15, 0.2) is 5.82 Å². The van der Waals surface area contributed by atoms with Gasteiger partial charge in [-0.05, 0) is 31.4 Å².